The van der Waals surface area contributed by atoms with Crippen LogP contribution in [0.25, 0.3) is 33.2 Å². The Bertz CT molecular complexity index is 1550. The van der Waals surface area contributed by atoms with E-state index >= 15 is 0 Å². The molecule has 6 heteroatoms. The van der Waals surface area contributed by atoms with Gasteiger partial charge in [0, 0.05) is 40.7 Å². The first-order valence-electron chi connectivity index (χ1n) is 10.7. The van der Waals surface area contributed by atoms with Gasteiger partial charge in [-0.25, -0.2) is 4.39 Å². The number of nitrogens with one attached hydrogen (secondary N) is 1. The molecule has 0 atom stereocenters. The molecule has 0 aliphatic carbocycles. The van der Waals surface area contributed by atoms with Crippen LogP contribution in [-0.4, -0.2) is 25.8 Å². The maximum Gasteiger partial charge on any atom is 0.134 e. The topological polar surface area (TPSA) is 74.2 Å². The van der Waals surface area contributed by atoms with Crippen LogP contribution >= 0.6 is 0 Å². The van der Waals surface area contributed by atoms with Gasteiger partial charge in [0.05, 0.1) is 29.3 Å². The van der Waals surface area contributed by atoms with E-state index in [1.165, 1.54) is 24.5 Å². The first kappa shape index (κ1) is 21.3. The van der Waals surface area contributed by atoms with E-state index in [1.807, 2.05) is 31.2 Å². The van der Waals surface area contributed by atoms with Crippen molar-refractivity contribution in [3.05, 3.63) is 115 Å². The van der Waals surface area contributed by atoms with Crippen molar-refractivity contribution in [1.29, 1.82) is 0 Å². The van der Waals surface area contributed by atoms with E-state index < -0.39 is 0 Å². The molecule has 0 amide bonds. The highest BCUT2D eigenvalue weighted by molar-refractivity contribution is 6.16. The van der Waals surface area contributed by atoms with Crippen LogP contribution in [0, 0.1) is 12.7 Å². The number of aromatic hydroxyl groups is 1. The zero-order chi connectivity index (χ0) is 23.7. The number of aliphatic imine (C=N–C) groups is 1. The highest BCUT2D eigenvalue weighted by atomic mass is 19.1. The maximum atomic E-state index is 13.4. The lowest BCUT2D eigenvalue weighted by molar-refractivity contribution is 0.473. The number of aryl methyl sites for hydroxylation is 1. The molecule has 0 aliphatic heterocycles. The standard InChI is InChI=1S/C28H21FN4O/c1-3-32-28(23-11-19(5-4-17(23)2)20-10-22(34)14-30-13-20)26-12-24-25(15-31-16-27(24)33-26)18-6-8-21(29)9-7-18/h3-16,33-34H,1H2,2H3. The van der Waals surface area contributed by atoms with Gasteiger partial charge in [-0.2, -0.15) is 0 Å². The van der Waals surface area contributed by atoms with E-state index in [2.05, 4.69) is 26.5 Å². The van der Waals surface area contributed by atoms with Gasteiger partial charge in [0.15, 0.2) is 0 Å². The lowest BCUT2D eigenvalue weighted by atomic mass is 9.96. The Kier molecular flexibility index (Phi) is 5.47. The second kappa shape index (κ2) is 8.75. The van der Waals surface area contributed by atoms with Crippen molar-refractivity contribution in [2.45, 2.75) is 6.92 Å². The molecule has 3 aromatic heterocycles. The third-order valence-corrected chi connectivity index (χ3v) is 5.73. The quantitative estimate of drug-likeness (QED) is 0.305. The van der Waals surface area contributed by atoms with E-state index in [-0.39, 0.29) is 11.6 Å². The first-order valence-corrected chi connectivity index (χ1v) is 10.7. The minimum atomic E-state index is -0.281. The van der Waals surface area contributed by atoms with Gasteiger partial charge in [-0.05, 0) is 53.9 Å². The largest absolute Gasteiger partial charge is 0.506 e. The molecule has 5 rings (SSSR count). The summed E-state index contributed by atoms with van der Waals surface area (Å²) < 4.78 is 13.4. The number of pyridine rings is 2. The molecule has 0 fully saturated rings. The Balaban J connectivity index is 1.65. The molecule has 0 saturated carbocycles. The van der Waals surface area contributed by atoms with Crippen molar-refractivity contribution in [2.24, 2.45) is 4.99 Å². The monoisotopic (exact) mass is 448 g/mol. The molecule has 34 heavy (non-hydrogen) atoms. The first-order chi connectivity index (χ1) is 16.5. The fourth-order valence-electron chi connectivity index (χ4n) is 4.06. The molecule has 0 saturated heterocycles. The molecule has 0 spiro atoms. The third kappa shape index (κ3) is 3.97. The predicted octanol–water partition coefficient (Wildman–Crippen LogP) is 6.43. The van der Waals surface area contributed by atoms with Crippen LogP contribution in [0.2, 0.25) is 0 Å². The van der Waals surface area contributed by atoms with Gasteiger partial charge >= 0.3 is 0 Å². The lowest BCUT2D eigenvalue weighted by Crippen LogP contribution is -2.06. The number of H-pyrrole nitrogens is 1. The second-order valence-corrected chi connectivity index (χ2v) is 7.96. The Morgan fingerprint density at radius 3 is 2.47 bits per heavy atom. The lowest BCUT2D eigenvalue weighted by Gasteiger charge is -2.11. The van der Waals surface area contributed by atoms with Crippen molar-refractivity contribution in [1.82, 2.24) is 15.0 Å². The van der Waals surface area contributed by atoms with Crippen molar-refractivity contribution >= 4 is 16.6 Å². The minimum absolute atomic E-state index is 0.107. The zero-order valence-electron chi connectivity index (χ0n) is 18.5. The fraction of sp³-hybridized carbons (Fsp3) is 0.0357. The van der Waals surface area contributed by atoms with Gasteiger partial charge in [0.25, 0.3) is 0 Å². The number of benzene rings is 2. The summed E-state index contributed by atoms with van der Waals surface area (Å²) in [5.74, 6) is -0.174. The van der Waals surface area contributed by atoms with Gasteiger partial charge in [-0.15, -0.1) is 0 Å². The summed E-state index contributed by atoms with van der Waals surface area (Å²) in [7, 11) is 0. The molecule has 0 radical (unpaired) electrons. The number of aromatic amines is 1. The normalized spacial score (nSPS) is 11.6. The molecular formula is C28H21FN4O. The molecule has 3 heterocycles. The molecule has 5 aromatic rings. The van der Waals surface area contributed by atoms with Crippen molar-refractivity contribution in [3.8, 4) is 28.0 Å². The van der Waals surface area contributed by atoms with Gasteiger partial charge in [-0.1, -0.05) is 30.8 Å². The summed E-state index contributed by atoms with van der Waals surface area (Å²) in [6.45, 7) is 5.83. The van der Waals surface area contributed by atoms with Crippen molar-refractivity contribution < 1.29 is 9.50 Å². The fourth-order valence-corrected chi connectivity index (χ4v) is 4.06. The van der Waals surface area contributed by atoms with Crippen LogP contribution in [0.4, 0.5) is 4.39 Å². The second-order valence-electron chi connectivity index (χ2n) is 7.96. The average Bonchev–Trinajstić information content (AvgIpc) is 3.28. The number of aromatic nitrogens is 3. The molecule has 5 nitrogen and oxygen atoms in total. The van der Waals surface area contributed by atoms with E-state index in [1.54, 1.807) is 36.8 Å². The third-order valence-electron chi connectivity index (χ3n) is 5.73. The highest BCUT2D eigenvalue weighted by Gasteiger charge is 2.16. The van der Waals surface area contributed by atoms with Crippen LogP contribution < -0.4 is 0 Å². The molecule has 0 aliphatic rings. The van der Waals surface area contributed by atoms with Crippen LogP contribution in [-0.2, 0) is 0 Å². The summed E-state index contributed by atoms with van der Waals surface area (Å²) in [6.07, 6.45) is 8.17. The summed E-state index contributed by atoms with van der Waals surface area (Å²) >= 11 is 0. The van der Waals surface area contributed by atoms with Gasteiger partial charge in [-0.3, -0.25) is 15.0 Å². The van der Waals surface area contributed by atoms with Crippen LogP contribution in [0.3, 0.4) is 0 Å². The van der Waals surface area contributed by atoms with E-state index in [9.17, 15) is 9.50 Å². The smallest absolute Gasteiger partial charge is 0.134 e. The van der Waals surface area contributed by atoms with Crippen molar-refractivity contribution in [3.63, 3.8) is 0 Å². The van der Waals surface area contributed by atoms with Gasteiger partial charge in [0.1, 0.15) is 11.6 Å². The van der Waals surface area contributed by atoms with Crippen LogP contribution in [0.1, 0.15) is 16.8 Å². The SMILES string of the molecule is C=CN=C(c1cc2c(-c3ccc(F)cc3)cncc2[nH]1)c1cc(-c2cncc(O)c2)ccc1C. The summed E-state index contributed by atoms with van der Waals surface area (Å²) in [5, 5.41) is 10.8. The molecule has 0 unspecified atom stereocenters. The van der Waals surface area contributed by atoms with Gasteiger partial charge < -0.3 is 10.1 Å². The molecule has 0 bridgehead atoms. The summed E-state index contributed by atoms with van der Waals surface area (Å²) in [5.41, 5.74) is 7.82. The minimum Gasteiger partial charge on any atom is -0.506 e. The highest BCUT2D eigenvalue weighted by Crippen LogP contribution is 2.31. The van der Waals surface area contributed by atoms with Gasteiger partial charge in [0.2, 0.25) is 0 Å². The summed E-state index contributed by atoms with van der Waals surface area (Å²) in [4.78, 5) is 16.5. The molecular weight excluding hydrogens is 427 g/mol. The number of hydrogen-bond donors (Lipinski definition) is 2. The van der Waals surface area contributed by atoms with Crippen molar-refractivity contribution in [2.75, 3.05) is 0 Å². The van der Waals surface area contributed by atoms with Crippen LogP contribution in [0.5, 0.6) is 5.75 Å². The number of halogens is 1. The van der Waals surface area contributed by atoms with E-state index in [0.717, 1.165) is 55.7 Å². The Labute approximate surface area is 196 Å². The number of fused-ring (bicyclic) bond motifs is 1. The van der Waals surface area contributed by atoms with E-state index in [4.69, 9.17) is 0 Å². The predicted molar refractivity (Wildman–Crippen MR) is 133 cm³/mol. The van der Waals surface area contributed by atoms with E-state index in [0.29, 0.717) is 0 Å². The van der Waals surface area contributed by atoms with Crippen LogP contribution in [0.15, 0.2) is 97.2 Å². The Hall–Kier alpha value is -4.58. The Morgan fingerprint density at radius 2 is 1.71 bits per heavy atom. The number of nitrogens with zero attached hydrogens (tertiary/aromatic N) is 3. The number of rotatable bonds is 5. The molecule has 2 aromatic carbocycles. The number of hydrogen-bond acceptors (Lipinski definition) is 4. The molecule has 166 valence electrons. The molecule has 2 N–H and O–H groups in total. The Morgan fingerprint density at radius 1 is 0.941 bits per heavy atom. The maximum absolute atomic E-state index is 13.4. The average molecular weight is 449 g/mol. The zero-order valence-corrected chi connectivity index (χ0v) is 18.5. The summed E-state index contributed by atoms with van der Waals surface area (Å²) in [6, 6.07) is 16.1.